The number of amides is 1. The molecule has 8 heteroatoms. The molecule has 1 saturated heterocycles. The van der Waals surface area contributed by atoms with E-state index in [4.69, 9.17) is 15.4 Å². The number of anilines is 1. The van der Waals surface area contributed by atoms with Gasteiger partial charge in [-0.3, -0.25) is 9.69 Å². The minimum atomic E-state index is -3.74. The lowest BCUT2D eigenvalue weighted by molar-refractivity contribution is -0.117. The highest BCUT2D eigenvalue weighted by Crippen LogP contribution is 2.27. The molecule has 0 spiro atoms. The Morgan fingerprint density at radius 1 is 1.56 bits per heavy atom. The van der Waals surface area contributed by atoms with Gasteiger partial charge in [0.25, 0.3) is 0 Å². The van der Waals surface area contributed by atoms with Crippen LogP contribution in [0.3, 0.4) is 0 Å². The molecule has 1 aliphatic heterocycles. The Morgan fingerprint density at radius 2 is 2.28 bits per heavy atom. The van der Waals surface area contributed by atoms with Crippen LogP contribution in [0.2, 0.25) is 0 Å². The van der Waals surface area contributed by atoms with Crippen molar-refractivity contribution in [2.75, 3.05) is 18.6 Å². The van der Waals surface area contributed by atoms with Gasteiger partial charge >= 0.3 is 0 Å². The lowest BCUT2D eigenvalue weighted by atomic mass is 10.4. The first-order valence-electron chi connectivity index (χ1n) is 5.15. The van der Waals surface area contributed by atoms with Crippen LogP contribution in [0.5, 0.6) is 5.75 Å². The maximum absolute atomic E-state index is 11.8. The summed E-state index contributed by atoms with van der Waals surface area (Å²) in [6.07, 6.45) is 1.37. The number of aromatic nitrogens is 1. The van der Waals surface area contributed by atoms with Crippen LogP contribution in [0.15, 0.2) is 18.3 Å². The largest absolute Gasteiger partial charge is 0.497 e. The molecule has 0 radical (unpaired) electrons. The molecule has 1 aliphatic rings. The van der Waals surface area contributed by atoms with Crippen molar-refractivity contribution in [1.29, 1.82) is 0 Å². The lowest BCUT2D eigenvalue weighted by Crippen LogP contribution is -2.27. The first-order chi connectivity index (χ1) is 8.41. The number of halogens is 1. The van der Waals surface area contributed by atoms with Crippen molar-refractivity contribution in [3.63, 3.8) is 0 Å². The summed E-state index contributed by atoms with van der Waals surface area (Å²) in [4.78, 5) is 17.1. The second-order valence-corrected chi connectivity index (χ2v) is 6.77. The summed E-state index contributed by atoms with van der Waals surface area (Å²) in [6.45, 7) is 0.0187. The van der Waals surface area contributed by atoms with Gasteiger partial charge in [0.1, 0.15) is 16.8 Å². The van der Waals surface area contributed by atoms with E-state index in [9.17, 15) is 13.2 Å². The van der Waals surface area contributed by atoms with E-state index in [1.54, 1.807) is 12.1 Å². The summed E-state index contributed by atoms with van der Waals surface area (Å²) in [5, 5.41) is -0.889. The Kier molecular flexibility index (Phi) is 3.45. The highest BCUT2D eigenvalue weighted by atomic mass is 35.7. The molecule has 6 nitrogen and oxygen atoms in total. The van der Waals surface area contributed by atoms with Gasteiger partial charge in [-0.05, 0) is 6.07 Å². The van der Waals surface area contributed by atoms with Gasteiger partial charge in [-0.15, -0.1) is 0 Å². The monoisotopic (exact) mass is 290 g/mol. The summed E-state index contributed by atoms with van der Waals surface area (Å²) in [5.41, 5.74) is 0. The third-order valence-corrected chi connectivity index (χ3v) is 4.58. The number of carbonyl (C=O) groups is 1. The number of methoxy groups -OCH3 is 1. The Morgan fingerprint density at radius 3 is 2.83 bits per heavy atom. The van der Waals surface area contributed by atoms with Gasteiger partial charge in [-0.2, -0.15) is 0 Å². The van der Waals surface area contributed by atoms with Gasteiger partial charge in [0.15, 0.2) is 0 Å². The molecule has 1 fully saturated rings. The van der Waals surface area contributed by atoms with Crippen LogP contribution in [0, 0.1) is 0 Å². The third-order valence-electron chi connectivity index (χ3n) is 2.72. The van der Waals surface area contributed by atoms with Gasteiger partial charge < -0.3 is 4.74 Å². The molecule has 0 N–H and O–H groups in total. The summed E-state index contributed by atoms with van der Waals surface area (Å²) < 4.78 is 27.5. The molecule has 0 bridgehead atoms. The fourth-order valence-electron chi connectivity index (χ4n) is 1.76. The molecular weight excluding hydrogens is 280 g/mol. The van der Waals surface area contributed by atoms with Crippen LogP contribution >= 0.6 is 10.7 Å². The van der Waals surface area contributed by atoms with E-state index in [2.05, 4.69) is 4.98 Å². The SMILES string of the molecule is COc1ccnc(N2CC(S(=O)(=O)Cl)CC2=O)c1. The molecule has 18 heavy (non-hydrogen) atoms. The van der Waals surface area contributed by atoms with Gasteiger partial charge in [0.05, 0.1) is 7.11 Å². The molecule has 98 valence electrons. The van der Waals surface area contributed by atoms with Gasteiger partial charge in [0.2, 0.25) is 15.0 Å². The van der Waals surface area contributed by atoms with Crippen molar-refractivity contribution in [3.05, 3.63) is 18.3 Å². The van der Waals surface area contributed by atoms with Crippen LogP contribution in [-0.2, 0) is 13.8 Å². The highest BCUT2D eigenvalue weighted by Gasteiger charge is 2.38. The van der Waals surface area contributed by atoms with Gasteiger partial charge in [-0.1, -0.05) is 0 Å². The van der Waals surface area contributed by atoms with Crippen LogP contribution in [-0.4, -0.2) is 38.2 Å². The van der Waals surface area contributed by atoms with Crippen LogP contribution in [0.1, 0.15) is 6.42 Å². The number of carbonyl (C=O) groups excluding carboxylic acids is 1. The molecule has 1 aromatic rings. The Labute approximate surface area is 109 Å². The van der Waals surface area contributed by atoms with E-state index in [1.165, 1.54) is 18.2 Å². The molecule has 1 unspecified atom stereocenters. The van der Waals surface area contributed by atoms with Crippen molar-refractivity contribution in [3.8, 4) is 5.75 Å². The zero-order valence-electron chi connectivity index (χ0n) is 9.54. The van der Waals surface area contributed by atoms with E-state index >= 15 is 0 Å². The molecule has 2 heterocycles. The number of hydrogen-bond acceptors (Lipinski definition) is 5. The second kappa shape index (κ2) is 4.74. The van der Waals surface area contributed by atoms with Crippen molar-refractivity contribution >= 4 is 31.5 Å². The first kappa shape index (κ1) is 13.1. The summed E-state index contributed by atoms with van der Waals surface area (Å²) in [5.74, 6) is 0.595. The van der Waals surface area contributed by atoms with Crippen molar-refractivity contribution in [2.45, 2.75) is 11.7 Å². The molecule has 2 rings (SSSR count). The van der Waals surface area contributed by atoms with E-state index in [0.29, 0.717) is 11.6 Å². The zero-order chi connectivity index (χ0) is 13.3. The van der Waals surface area contributed by atoms with E-state index in [-0.39, 0.29) is 18.9 Å². The molecule has 0 saturated carbocycles. The normalized spacial score (nSPS) is 20.2. The minimum absolute atomic E-state index is 0.0187. The maximum Gasteiger partial charge on any atom is 0.237 e. The standard InChI is InChI=1S/C10H11ClN2O4S/c1-17-7-2-3-12-9(4-7)13-6-8(5-10(13)14)18(11,15)16/h2-4,8H,5-6H2,1H3. The number of nitrogens with zero attached hydrogens (tertiary/aromatic N) is 2. The molecular formula is C10H11ClN2O4S. The molecule has 1 aromatic heterocycles. The highest BCUT2D eigenvalue weighted by molar-refractivity contribution is 8.14. The average Bonchev–Trinajstić information content (AvgIpc) is 2.71. The number of pyridine rings is 1. The van der Waals surface area contributed by atoms with Crippen LogP contribution < -0.4 is 9.64 Å². The Balaban J connectivity index is 2.27. The molecule has 1 amide bonds. The van der Waals surface area contributed by atoms with Gasteiger partial charge in [0, 0.05) is 35.9 Å². The van der Waals surface area contributed by atoms with Crippen molar-refractivity contribution in [2.24, 2.45) is 0 Å². The number of rotatable bonds is 3. The number of hydrogen-bond donors (Lipinski definition) is 0. The van der Waals surface area contributed by atoms with Crippen LogP contribution in [0.4, 0.5) is 5.82 Å². The Bertz CT molecular complexity index is 575. The molecule has 1 atom stereocenters. The average molecular weight is 291 g/mol. The molecule has 0 aromatic carbocycles. The topological polar surface area (TPSA) is 76.6 Å². The van der Waals surface area contributed by atoms with E-state index in [0.717, 1.165) is 0 Å². The van der Waals surface area contributed by atoms with Crippen LogP contribution in [0.25, 0.3) is 0 Å². The van der Waals surface area contributed by atoms with E-state index in [1.807, 2.05) is 0 Å². The quantitative estimate of drug-likeness (QED) is 0.768. The minimum Gasteiger partial charge on any atom is -0.497 e. The summed E-state index contributed by atoms with van der Waals surface area (Å²) >= 11 is 0. The Hall–Kier alpha value is -1.34. The lowest BCUT2D eigenvalue weighted by Gasteiger charge is -2.15. The summed E-state index contributed by atoms with van der Waals surface area (Å²) in [6, 6.07) is 3.21. The summed E-state index contributed by atoms with van der Waals surface area (Å²) in [7, 11) is 3.02. The third kappa shape index (κ3) is 2.56. The predicted molar refractivity (Wildman–Crippen MR) is 66.3 cm³/mol. The maximum atomic E-state index is 11.8. The molecule has 0 aliphatic carbocycles. The number of ether oxygens (including phenoxy) is 1. The van der Waals surface area contributed by atoms with Gasteiger partial charge in [-0.25, -0.2) is 13.4 Å². The van der Waals surface area contributed by atoms with Crippen molar-refractivity contribution in [1.82, 2.24) is 4.98 Å². The smallest absolute Gasteiger partial charge is 0.237 e. The zero-order valence-corrected chi connectivity index (χ0v) is 11.1. The fraction of sp³-hybridized carbons (Fsp3) is 0.400. The first-order valence-corrected chi connectivity index (χ1v) is 7.53. The second-order valence-electron chi connectivity index (χ2n) is 3.86. The van der Waals surface area contributed by atoms with E-state index < -0.39 is 14.3 Å². The van der Waals surface area contributed by atoms with Crippen molar-refractivity contribution < 1.29 is 17.9 Å². The fourth-order valence-corrected chi connectivity index (χ4v) is 2.79. The predicted octanol–water partition coefficient (Wildman–Crippen LogP) is 0.764.